The number of rotatable bonds is 5. The molecule has 0 saturated heterocycles. The molecule has 1 N–H and O–H groups in total. The van der Waals surface area contributed by atoms with Crippen LogP contribution in [-0.2, 0) is 6.54 Å². The zero-order chi connectivity index (χ0) is 15.4. The van der Waals surface area contributed by atoms with Crippen LogP contribution in [0.5, 0.6) is 0 Å². The van der Waals surface area contributed by atoms with Crippen LogP contribution >= 0.6 is 0 Å². The molecule has 0 radical (unpaired) electrons. The van der Waals surface area contributed by atoms with Crippen molar-refractivity contribution >= 4 is 0 Å². The Hall–Kier alpha value is -1.81. The van der Waals surface area contributed by atoms with E-state index in [1.54, 1.807) is 6.07 Å². The second-order valence-electron chi connectivity index (χ2n) is 5.04. The largest absolute Gasteiger partial charge is 0.313 e. The molecule has 4 heteroatoms. The molecule has 21 heavy (non-hydrogen) atoms. The molecule has 0 aromatic heterocycles. The summed E-state index contributed by atoms with van der Waals surface area (Å²) in [6, 6.07) is 7.35. The summed E-state index contributed by atoms with van der Waals surface area (Å²) in [5, 5.41) is 3.10. The summed E-state index contributed by atoms with van der Waals surface area (Å²) in [7, 11) is 0. The Kier molecular flexibility index (Phi) is 5.02. The molecule has 0 fully saturated rings. The van der Waals surface area contributed by atoms with Gasteiger partial charge in [0.1, 0.15) is 5.82 Å². The van der Waals surface area contributed by atoms with Crippen molar-refractivity contribution in [2.45, 2.75) is 26.8 Å². The Morgan fingerprint density at radius 3 is 2.48 bits per heavy atom. The standard InChI is InChI=1S/C17H18F3N/c1-3-8-21-10-13-9-12(5-7-15(13)18)14-6-4-11(2)16(19)17(14)20/h4-7,9,21H,3,8,10H2,1-2H3. The van der Waals surface area contributed by atoms with Gasteiger partial charge in [0.2, 0.25) is 0 Å². The minimum atomic E-state index is -0.894. The summed E-state index contributed by atoms with van der Waals surface area (Å²) >= 11 is 0. The predicted molar refractivity (Wildman–Crippen MR) is 78.5 cm³/mol. The van der Waals surface area contributed by atoms with Crippen molar-refractivity contribution in [3.05, 3.63) is 58.9 Å². The van der Waals surface area contributed by atoms with Crippen molar-refractivity contribution in [1.29, 1.82) is 0 Å². The van der Waals surface area contributed by atoms with E-state index in [1.165, 1.54) is 31.2 Å². The second kappa shape index (κ2) is 6.76. The molecular weight excluding hydrogens is 275 g/mol. The third-order valence-electron chi connectivity index (χ3n) is 3.37. The molecule has 112 valence electrons. The van der Waals surface area contributed by atoms with Gasteiger partial charge in [0.05, 0.1) is 0 Å². The number of nitrogens with one attached hydrogen (secondary N) is 1. The average Bonchev–Trinajstić information content (AvgIpc) is 2.47. The molecule has 0 saturated carbocycles. The van der Waals surface area contributed by atoms with E-state index in [1.807, 2.05) is 6.92 Å². The lowest BCUT2D eigenvalue weighted by Crippen LogP contribution is -2.14. The first-order valence-corrected chi connectivity index (χ1v) is 6.98. The number of benzene rings is 2. The van der Waals surface area contributed by atoms with Crippen molar-refractivity contribution in [3.8, 4) is 11.1 Å². The maximum Gasteiger partial charge on any atom is 0.166 e. The molecule has 1 nitrogen and oxygen atoms in total. The first-order valence-electron chi connectivity index (χ1n) is 6.98. The van der Waals surface area contributed by atoms with E-state index >= 15 is 0 Å². The van der Waals surface area contributed by atoms with Gasteiger partial charge in [-0.2, -0.15) is 0 Å². The number of hydrogen-bond acceptors (Lipinski definition) is 1. The molecule has 0 heterocycles. The third kappa shape index (κ3) is 3.45. The molecule has 0 atom stereocenters. The summed E-state index contributed by atoms with van der Waals surface area (Å²) in [4.78, 5) is 0. The van der Waals surface area contributed by atoms with Gasteiger partial charge in [-0.05, 0) is 43.1 Å². The third-order valence-corrected chi connectivity index (χ3v) is 3.37. The minimum absolute atomic E-state index is 0.148. The molecule has 2 aromatic carbocycles. The van der Waals surface area contributed by atoms with E-state index < -0.39 is 11.6 Å². The van der Waals surface area contributed by atoms with Gasteiger partial charge in [-0.25, -0.2) is 13.2 Å². The van der Waals surface area contributed by atoms with E-state index in [0.717, 1.165) is 13.0 Å². The summed E-state index contributed by atoms with van der Waals surface area (Å²) in [6.07, 6.45) is 0.944. The van der Waals surface area contributed by atoms with E-state index in [9.17, 15) is 13.2 Å². The SMILES string of the molecule is CCCNCc1cc(-c2ccc(C)c(F)c2F)ccc1F. The van der Waals surface area contributed by atoms with E-state index in [4.69, 9.17) is 0 Å². The van der Waals surface area contributed by atoms with Crippen LogP contribution < -0.4 is 5.32 Å². The van der Waals surface area contributed by atoms with Crippen LogP contribution in [0.25, 0.3) is 11.1 Å². The monoisotopic (exact) mass is 293 g/mol. The average molecular weight is 293 g/mol. The first-order chi connectivity index (χ1) is 10.0. The lowest BCUT2D eigenvalue weighted by molar-refractivity contribution is 0.505. The molecule has 2 aromatic rings. The zero-order valence-electron chi connectivity index (χ0n) is 12.1. The Morgan fingerprint density at radius 2 is 1.76 bits per heavy atom. The molecule has 0 spiro atoms. The Labute approximate surface area is 122 Å². The first kappa shape index (κ1) is 15.6. The van der Waals surface area contributed by atoms with Crippen LogP contribution in [0.2, 0.25) is 0 Å². The second-order valence-corrected chi connectivity index (χ2v) is 5.04. The lowest BCUT2D eigenvalue weighted by Gasteiger charge is -2.10. The maximum atomic E-state index is 14.0. The van der Waals surface area contributed by atoms with Gasteiger partial charge in [0, 0.05) is 17.7 Å². The van der Waals surface area contributed by atoms with Crippen LogP contribution in [0, 0.1) is 24.4 Å². The van der Waals surface area contributed by atoms with Crippen molar-refractivity contribution in [1.82, 2.24) is 5.32 Å². The van der Waals surface area contributed by atoms with E-state index in [2.05, 4.69) is 5.32 Å². The van der Waals surface area contributed by atoms with Gasteiger partial charge in [-0.3, -0.25) is 0 Å². The Bertz CT molecular complexity index is 638. The normalized spacial score (nSPS) is 10.9. The minimum Gasteiger partial charge on any atom is -0.313 e. The van der Waals surface area contributed by atoms with Crippen molar-refractivity contribution in [2.24, 2.45) is 0 Å². The van der Waals surface area contributed by atoms with Crippen LogP contribution in [0.1, 0.15) is 24.5 Å². The van der Waals surface area contributed by atoms with Gasteiger partial charge in [0.25, 0.3) is 0 Å². The van der Waals surface area contributed by atoms with Crippen molar-refractivity contribution in [3.63, 3.8) is 0 Å². The molecule has 0 aliphatic heterocycles. The number of hydrogen-bond donors (Lipinski definition) is 1. The topological polar surface area (TPSA) is 12.0 Å². The molecule has 2 rings (SSSR count). The fourth-order valence-corrected chi connectivity index (χ4v) is 2.15. The van der Waals surface area contributed by atoms with Gasteiger partial charge in [-0.1, -0.05) is 25.1 Å². The summed E-state index contributed by atoms with van der Waals surface area (Å²) < 4.78 is 41.4. The fraction of sp³-hybridized carbons (Fsp3) is 0.294. The predicted octanol–water partition coefficient (Wildman–Crippen LogP) is 4.58. The van der Waals surface area contributed by atoms with Crippen LogP contribution in [0.4, 0.5) is 13.2 Å². The Balaban J connectivity index is 2.37. The fourth-order valence-electron chi connectivity index (χ4n) is 2.15. The smallest absolute Gasteiger partial charge is 0.166 e. The molecule has 0 aliphatic carbocycles. The molecular formula is C17H18F3N. The molecule has 0 unspecified atom stereocenters. The lowest BCUT2D eigenvalue weighted by atomic mass is 10.0. The highest BCUT2D eigenvalue weighted by molar-refractivity contribution is 5.65. The summed E-state index contributed by atoms with van der Waals surface area (Å²) in [5.74, 6) is -2.10. The highest BCUT2D eigenvalue weighted by Crippen LogP contribution is 2.27. The quantitative estimate of drug-likeness (QED) is 0.796. The van der Waals surface area contributed by atoms with Gasteiger partial charge < -0.3 is 5.32 Å². The van der Waals surface area contributed by atoms with Crippen molar-refractivity contribution in [2.75, 3.05) is 6.54 Å². The molecule has 0 aliphatic rings. The van der Waals surface area contributed by atoms with Gasteiger partial charge >= 0.3 is 0 Å². The molecule has 0 bridgehead atoms. The Morgan fingerprint density at radius 1 is 1.00 bits per heavy atom. The van der Waals surface area contributed by atoms with E-state index in [-0.39, 0.29) is 16.9 Å². The van der Waals surface area contributed by atoms with Gasteiger partial charge in [-0.15, -0.1) is 0 Å². The zero-order valence-corrected chi connectivity index (χ0v) is 12.1. The van der Waals surface area contributed by atoms with Crippen molar-refractivity contribution < 1.29 is 13.2 Å². The summed E-state index contributed by atoms with van der Waals surface area (Å²) in [5.41, 5.74) is 1.32. The van der Waals surface area contributed by atoms with Gasteiger partial charge in [0.15, 0.2) is 11.6 Å². The summed E-state index contributed by atoms with van der Waals surface area (Å²) in [6.45, 7) is 4.66. The maximum absolute atomic E-state index is 14.0. The molecule has 0 amide bonds. The van der Waals surface area contributed by atoms with E-state index in [0.29, 0.717) is 17.7 Å². The van der Waals surface area contributed by atoms with Crippen LogP contribution in [0.15, 0.2) is 30.3 Å². The van der Waals surface area contributed by atoms with Crippen LogP contribution in [-0.4, -0.2) is 6.54 Å². The number of halogens is 3. The van der Waals surface area contributed by atoms with Crippen LogP contribution in [0.3, 0.4) is 0 Å². The highest BCUT2D eigenvalue weighted by atomic mass is 19.2. The number of aryl methyl sites for hydroxylation is 1. The highest BCUT2D eigenvalue weighted by Gasteiger charge is 2.14.